The third kappa shape index (κ3) is 10.5. The first kappa shape index (κ1) is 22.5. The van der Waals surface area contributed by atoms with Crippen LogP contribution in [0.5, 0.6) is 5.75 Å². The highest BCUT2D eigenvalue weighted by Crippen LogP contribution is 2.16. The van der Waals surface area contributed by atoms with Crippen molar-refractivity contribution in [2.24, 2.45) is 5.92 Å². The van der Waals surface area contributed by atoms with Gasteiger partial charge in [-0.2, -0.15) is 0 Å². The van der Waals surface area contributed by atoms with Gasteiger partial charge < -0.3 is 9.47 Å². The van der Waals surface area contributed by atoms with E-state index in [0.29, 0.717) is 11.5 Å². The van der Waals surface area contributed by atoms with Crippen molar-refractivity contribution in [3.8, 4) is 5.75 Å². The number of unbranched alkanes of at least 4 members (excludes halogenated alkanes) is 5. The Hall–Kier alpha value is -1.51. The Morgan fingerprint density at radius 3 is 2.27 bits per heavy atom. The molecule has 26 heavy (non-hydrogen) atoms. The normalized spacial score (nSPS) is 12.2. The minimum absolute atomic E-state index is 0.0649. The third-order valence-electron chi connectivity index (χ3n) is 4.47. The van der Waals surface area contributed by atoms with E-state index < -0.39 is 0 Å². The average Bonchev–Trinajstić information content (AvgIpc) is 2.61. The fraction of sp³-hybridized carbons (Fsp3) is 0.652. The summed E-state index contributed by atoms with van der Waals surface area (Å²) in [5, 5.41) is 0. The quantitative estimate of drug-likeness (QED) is 0.276. The minimum Gasteiger partial charge on any atom is -0.494 e. The molecule has 0 aliphatic heterocycles. The lowest BCUT2D eigenvalue weighted by Gasteiger charge is -2.14. The van der Waals surface area contributed by atoms with Gasteiger partial charge in [-0.1, -0.05) is 59.3 Å². The molecule has 2 atom stereocenters. The Bertz CT molecular complexity index is 479. The van der Waals surface area contributed by atoms with Crippen molar-refractivity contribution < 1.29 is 14.3 Å². The van der Waals surface area contributed by atoms with Gasteiger partial charge in [-0.15, -0.1) is 0 Å². The maximum atomic E-state index is 12.2. The highest BCUT2D eigenvalue weighted by atomic mass is 16.5. The van der Waals surface area contributed by atoms with Gasteiger partial charge in [0.2, 0.25) is 0 Å². The summed E-state index contributed by atoms with van der Waals surface area (Å²) in [6.07, 6.45) is 10.4. The average molecular weight is 362 g/mol. The first-order valence-electron chi connectivity index (χ1n) is 10.3. The number of carbonyl (C=O) groups is 1. The van der Waals surface area contributed by atoms with E-state index in [2.05, 4.69) is 20.8 Å². The lowest BCUT2D eigenvalue weighted by molar-refractivity contribution is 0.0318. The van der Waals surface area contributed by atoms with Crippen LogP contribution < -0.4 is 4.74 Å². The molecule has 1 rings (SSSR count). The molecule has 3 nitrogen and oxygen atoms in total. The van der Waals surface area contributed by atoms with Gasteiger partial charge in [0.25, 0.3) is 0 Å². The van der Waals surface area contributed by atoms with Crippen LogP contribution in [0.1, 0.15) is 88.9 Å². The second-order valence-corrected chi connectivity index (χ2v) is 7.39. The van der Waals surface area contributed by atoms with Gasteiger partial charge in [0, 0.05) is 0 Å². The molecular weight excluding hydrogens is 324 g/mol. The lowest BCUT2D eigenvalue weighted by atomic mass is 10.0. The Morgan fingerprint density at radius 1 is 0.962 bits per heavy atom. The van der Waals surface area contributed by atoms with E-state index in [0.717, 1.165) is 38.0 Å². The summed E-state index contributed by atoms with van der Waals surface area (Å²) in [5.41, 5.74) is 0.578. The van der Waals surface area contributed by atoms with E-state index >= 15 is 0 Å². The van der Waals surface area contributed by atoms with Crippen LogP contribution in [-0.2, 0) is 4.74 Å². The van der Waals surface area contributed by atoms with Crippen LogP contribution in [0.25, 0.3) is 0 Å². The fourth-order valence-electron chi connectivity index (χ4n) is 2.82. The minimum atomic E-state index is -0.261. The Morgan fingerprint density at radius 2 is 1.62 bits per heavy atom. The molecule has 1 radical (unpaired) electrons. The molecule has 1 unspecified atom stereocenters. The topological polar surface area (TPSA) is 35.5 Å². The zero-order valence-electron chi connectivity index (χ0n) is 17.0. The molecule has 0 saturated carbocycles. The predicted molar refractivity (Wildman–Crippen MR) is 109 cm³/mol. The molecular formula is C23H37O3. The largest absolute Gasteiger partial charge is 0.494 e. The van der Waals surface area contributed by atoms with Crippen molar-refractivity contribution in [1.29, 1.82) is 0 Å². The SMILES string of the molecule is [CH2]C(C)CCC[C@H](C)OC(=O)c1ccc(OCCCCCCCC)cc1. The summed E-state index contributed by atoms with van der Waals surface area (Å²) in [6.45, 7) is 11.0. The molecule has 0 fully saturated rings. The molecule has 0 heterocycles. The number of ether oxygens (including phenoxy) is 2. The number of benzene rings is 1. The van der Waals surface area contributed by atoms with Crippen LogP contribution in [0, 0.1) is 12.8 Å². The summed E-state index contributed by atoms with van der Waals surface area (Å²) in [7, 11) is 0. The highest BCUT2D eigenvalue weighted by Gasteiger charge is 2.12. The van der Waals surface area contributed by atoms with Crippen LogP contribution in [0.2, 0.25) is 0 Å². The van der Waals surface area contributed by atoms with Gasteiger partial charge in [-0.25, -0.2) is 4.79 Å². The van der Waals surface area contributed by atoms with E-state index in [1.54, 1.807) is 12.1 Å². The molecule has 0 spiro atoms. The molecule has 0 aliphatic rings. The van der Waals surface area contributed by atoms with Crippen LogP contribution in [0.4, 0.5) is 0 Å². The molecule has 3 heteroatoms. The molecule has 0 N–H and O–H groups in total. The van der Waals surface area contributed by atoms with Crippen molar-refractivity contribution in [2.75, 3.05) is 6.61 Å². The van der Waals surface area contributed by atoms with Crippen molar-refractivity contribution >= 4 is 5.97 Å². The molecule has 0 bridgehead atoms. The van der Waals surface area contributed by atoms with Gasteiger partial charge in [0.1, 0.15) is 5.75 Å². The zero-order chi connectivity index (χ0) is 19.2. The molecule has 147 valence electrons. The first-order valence-corrected chi connectivity index (χ1v) is 10.3. The summed E-state index contributed by atoms with van der Waals surface area (Å²) in [6, 6.07) is 7.26. The van der Waals surface area contributed by atoms with E-state index in [-0.39, 0.29) is 12.1 Å². The smallest absolute Gasteiger partial charge is 0.338 e. The molecule has 0 aromatic heterocycles. The van der Waals surface area contributed by atoms with Crippen LogP contribution in [0.3, 0.4) is 0 Å². The van der Waals surface area contributed by atoms with Gasteiger partial charge in [0.05, 0.1) is 18.3 Å². The molecule has 0 amide bonds. The maximum absolute atomic E-state index is 12.2. The van der Waals surface area contributed by atoms with Crippen molar-refractivity contribution in [3.63, 3.8) is 0 Å². The zero-order valence-corrected chi connectivity index (χ0v) is 17.0. The molecule has 1 aromatic rings. The summed E-state index contributed by atoms with van der Waals surface area (Å²) >= 11 is 0. The van der Waals surface area contributed by atoms with Gasteiger partial charge in [-0.3, -0.25) is 0 Å². The maximum Gasteiger partial charge on any atom is 0.338 e. The standard InChI is InChI=1S/C23H37O3/c1-5-6-7-8-9-10-18-25-22-16-14-21(15-17-22)23(24)26-20(4)13-11-12-19(2)3/h14-17,19-20H,2,5-13,18H2,1,3-4H3/t19?,20-/m0/s1. The van der Waals surface area contributed by atoms with Crippen LogP contribution in [0.15, 0.2) is 24.3 Å². The lowest BCUT2D eigenvalue weighted by Crippen LogP contribution is -2.15. The van der Waals surface area contributed by atoms with E-state index in [1.807, 2.05) is 19.1 Å². The van der Waals surface area contributed by atoms with E-state index in [1.165, 1.54) is 32.1 Å². The Labute approximate surface area is 160 Å². The summed E-state index contributed by atoms with van der Waals surface area (Å²) < 4.78 is 11.2. The van der Waals surface area contributed by atoms with Crippen molar-refractivity contribution in [2.45, 2.75) is 84.7 Å². The van der Waals surface area contributed by atoms with Crippen LogP contribution >= 0.6 is 0 Å². The van der Waals surface area contributed by atoms with Crippen LogP contribution in [-0.4, -0.2) is 18.7 Å². The number of rotatable bonds is 14. The van der Waals surface area contributed by atoms with Crippen molar-refractivity contribution in [1.82, 2.24) is 0 Å². The number of esters is 1. The predicted octanol–water partition coefficient (Wildman–Crippen LogP) is 6.61. The summed E-state index contributed by atoms with van der Waals surface area (Å²) in [4.78, 5) is 12.2. The molecule has 1 aromatic carbocycles. The van der Waals surface area contributed by atoms with E-state index in [9.17, 15) is 4.79 Å². The monoisotopic (exact) mass is 361 g/mol. The van der Waals surface area contributed by atoms with Crippen molar-refractivity contribution in [3.05, 3.63) is 36.8 Å². The van der Waals surface area contributed by atoms with E-state index in [4.69, 9.17) is 9.47 Å². The summed E-state index contributed by atoms with van der Waals surface area (Å²) in [5.74, 6) is 0.997. The number of carbonyl (C=O) groups excluding carboxylic acids is 1. The number of hydrogen-bond acceptors (Lipinski definition) is 3. The Kier molecular flexibility index (Phi) is 11.8. The molecule has 0 saturated heterocycles. The first-order chi connectivity index (χ1) is 12.5. The Balaban J connectivity index is 2.25. The molecule has 0 aliphatic carbocycles. The fourth-order valence-corrected chi connectivity index (χ4v) is 2.82. The second-order valence-electron chi connectivity index (χ2n) is 7.39. The van der Waals surface area contributed by atoms with Gasteiger partial charge >= 0.3 is 5.97 Å². The number of hydrogen-bond donors (Lipinski definition) is 0. The van der Waals surface area contributed by atoms with Gasteiger partial charge in [-0.05, 0) is 56.4 Å². The third-order valence-corrected chi connectivity index (χ3v) is 4.47. The van der Waals surface area contributed by atoms with Gasteiger partial charge in [0.15, 0.2) is 0 Å². The highest BCUT2D eigenvalue weighted by molar-refractivity contribution is 5.89. The second kappa shape index (κ2) is 13.7.